The molecular weight excluding hydrogens is 528 g/mol. The molecule has 0 radical (unpaired) electrons. The van der Waals surface area contributed by atoms with Crippen LogP contribution in [0.3, 0.4) is 0 Å². The molecule has 0 bridgehead atoms. The van der Waals surface area contributed by atoms with Crippen LogP contribution in [0, 0.1) is 29.1 Å². The summed E-state index contributed by atoms with van der Waals surface area (Å²) >= 11 is 6.10. The molecule has 9 heteroatoms. The molecular formula is C31H33ClN4O4. The van der Waals surface area contributed by atoms with E-state index in [2.05, 4.69) is 5.32 Å². The van der Waals surface area contributed by atoms with Gasteiger partial charge in [-0.25, -0.2) is 4.79 Å². The van der Waals surface area contributed by atoms with Crippen LogP contribution in [0.25, 0.3) is 10.9 Å². The number of amides is 1. The van der Waals surface area contributed by atoms with Gasteiger partial charge in [0.05, 0.1) is 21.5 Å². The molecule has 0 saturated heterocycles. The van der Waals surface area contributed by atoms with Crippen LogP contribution in [-0.2, 0) is 11.3 Å². The van der Waals surface area contributed by atoms with E-state index in [1.54, 1.807) is 34.9 Å². The summed E-state index contributed by atoms with van der Waals surface area (Å²) in [6, 6.07) is 11.7. The van der Waals surface area contributed by atoms with Crippen molar-refractivity contribution >= 4 is 39.9 Å². The number of benzene rings is 2. The average Bonchev–Trinajstić information content (AvgIpc) is 3.75. The Morgan fingerprint density at radius 2 is 1.85 bits per heavy atom. The molecule has 2 aromatic carbocycles. The number of carbonyl (C=O) groups is 2. The van der Waals surface area contributed by atoms with Gasteiger partial charge < -0.3 is 5.32 Å². The second-order valence-corrected chi connectivity index (χ2v) is 11.9. The Morgan fingerprint density at radius 3 is 2.52 bits per heavy atom. The Balaban J connectivity index is 1.31. The SMILES string of the molecule is CC(C)n1c(=O)n(CC2CC2)c(=O)c2cc(NC(=O)C3CCCC(CC(=O)c4ccc(C#N)c(Cl)c4)C3)ccc21. The van der Waals surface area contributed by atoms with Gasteiger partial charge in [-0.2, -0.15) is 5.26 Å². The molecule has 1 N–H and O–H groups in total. The summed E-state index contributed by atoms with van der Waals surface area (Å²) in [5.74, 6) is 0.00602. The van der Waals surface area contributed by atoms with Gasteiger partial charge in [0.15, 0.2) is 5.78 Å². The lowest BCUT2D eigenvalue weighted by Crippen LogP contribution is -2.41. The maximum atomic E-state index is 13.3. The van der Waals surface area contributed by atoms with Crippen molar-refractivity contribution in [1.29, 1.82) is 5.26 Å². The number of nitriles is 1. The molecule has 8 nitrogen and oxygen atoms in total. The van der Waals surface area contributed by atoms with Gasteiger partial charge in [0.1, 0.15) is 6.07 Å². The molecule has 1 aromatic heterocycles. The van der Waals surface area contributed by atoms with Crippen molar-refractivity contribution in [1.82, 2.24) is 9.13 Å². The van der Waals surface area contributed by atoms with Crippen molar-refractivity contribution in [3.05, 3.63) is 73.4 Å². The summed E-state index contributed by atoms with van der Waals surface area (Å²) in [5, 5.41) is 12.7. The summed E-state index contributed by atoms with van der Waals surface area (Å²) in [6.07, 6.45) is 5.39. The van der Waals surface area contributed by atoms with Crippen LogP contribution >= 0.6 is 11.6 Å². The number of hydrogen-bond donors (Lipinski definition) is 1. The molecule has 2 aliphatic carbocycles. The molecule has 2 saturated carbocycles. The topological polar surface area (TPSA) is 114 Å². The van der Waals surface area contributed by atoms with Gasteiger partial charge >= 0.3 is 5.69 Å². The van der Waals surface area contributed by atoms with Gasteiger partial charge in [0, 0.05) is 36.2 Å². The highest BCUT2D eigenvalue weighted by molar-refractivity contribution is 6.32. The first kappa shape index (κ1) is 27.9. The first-order valence-electron chi connectivity index (χ1n) is 14.0. The van der Waals surface area contributed by atoms with E-state index in [1.165, 1.54) is 10.6 Å². The first-order chi connectivity index (χ1) is 19.2. The number of rotatable bonds is 8. The Hall–Kier alpha value is -3.70. The molecule has 5 rings (SSSR count). The van der Waals surface area contributed by atoms with E-state index in [0.717, 1.165) is 32.1 Å². The van der Waals surface area contributed by atoms with E-state index in [9.17, 15) is 19.2 Å². The largest absolute Gasteiger partial charge is 0.331 e. The highest BCUT2D eigenvalue weighted by Crippen LogP contribution is 2.34. The zero-order valence-electron chi connectivity index (χ0n) is 22.8. The summed E-state index contributed by atoms with van der Waals surface area (Å²) in [4.78, 5) is 52.6. The van der Waals surface area contributed by atoms with Crippen molar-refractivity contribution < 1.29 is 9.59 Å². The summed E-state index contributed by atoms with van der Waals surface area (Å²) in [6.45, 7) is 4.26. The summed E-state index contributed by atoms with van der Waals surface area (Å²) in [5.41, 5.74) is 1.28. The van der Waals surface area contributed by atoms with Gasteiger partial charge in [0.2, 0.25) is 5.91 Å². The number of anilines is 1. The number of aromatic nitrogens is 2. The molecule has 40 heavy (non-hydrogen) atoms. The first-order valence-corrected chi connectivity index (χ1v) is 14.4. The lowest BCUT2D eigenvalue weighted by atomic mass is 9.78. The Kier molecular flexibility index (Phi) is 7.95. The van der Waals surface area contributed by atoms with Crippen LogP contribution in [0.5, 0.6) is 0 Å². The maximum absolute atomic E-state index is 13.3. The molecule has 208 valence electrons. The van der Waals surface area contributed by atoms with E-state index < -0.39 is 0 Å². The third-order valence-electron chi connectivity index (χ3n) is 8.13. The van der Waals surface area contributed by atoms with Crippen molar-refractivity contribution in [2.45, 2.75) is 71.4 Å². The van der Waals surface area contributed by atoms with E-state index in [0.29, 0.717) is 53.0 Å². The number of Topliss-reactive ketones (excluding diaryl/α,β-unsaturated/α-hetero) is 1. The number of ketones is 1. The molecule has 2 fully saturated rings. The second kappa shape index (κ2) is 11.4. The fourth-order valence-corrected chi connectivity index (χ4v) is 6.02. The van der Waals surface area contributed by atoms with Gasteiger partial charge in [-0.05, 0) is 94.2 Å². The smallest absolute Gasteiger partial charge is 0.326 e. The fraction of sp³-hybridized carbons (Fsp3) is 0.452. The van der Waals surface area contributed by atoms with Crippen molar-refractivity contribution in [3.63, 3.8) is 0 Å². The number of carbonyl (C=O) groups excluding carboxylic acids is 2. The molecule has 2 unspecified atom stereocenters. The van der Waals surface area contributed by atoms with Crippen LogP contribution < -0.4 is 16.6 Å². The number of fused-ring (bicyclic) bond motifs is 1. The fourth-order valence-electron chi connectivity index (χ4n) is 5.80. The van der Waals surface area contributed by atoms with Crippen LogP contribution in [0.15, 0.2) is 46.0 Å². The van der Waals surface area contributed by atoms with Gasteiger partial charge in [0.25, 0.3) is 5.56 Å². The highest BCUT2D eigenvalue weighted by Gasteiger charge is 2.29. The highest BCUT2D eigenvalue weighted by atomic mass is 35.5. The Bertz CT molecular complexity index is 1640. The number of hydrogen-bond acceptors (Lipinski definition) is 5. The normalized spacial score (nSPS) is 19.0. The molecule has 0 aliphatic heterocycles. The summed E-state index contributed by atoms with van der Waals surface area (Å²) < 4.78 is 2.99. The van der Waals surface area contributed by atoms with Crippen LogP contribution in [0.2, 0.25) is 5.02 Å². The lowest BCUT2D eigenvalue weighted by molar-refractivity contribution is -0.121. The summed E-state index contributed by atoms with van der Waals surface area (Å²) in [7, 11) is 0. The molecule has 2 aliphatic rings. The molecule has 3 aromatic rings. The number of nitrogens with one attached hydrogen (secondary N) is 1. The monoisotopic (exact) mass is 560 g/mol. The quantitative estimate of drug-likeness (QED) is 0.355. The number of nitrogens with zero attached hydrogens (tertiary/aromatic N) is 3. The predicted octanol–water partition coefficient (Wildman–Crippen LogP) is 5.70. The van der Waals surface area contributed by atoms with E-state index in [-0.39, 0.29) is 45.8 Å². The minimum atomic E-state index is -0.320. The predicted molar refractivity (Wildman–Crippen MR) is 155 cm³/mol. The Labute approximate surface area is 237 Å². The second-order valence-electron chi connectivity index (χ2n) is 11.5. The van der Waals surface area contributed by atoms with Crippen LogP contribution in [0.1, 0.15) is 80.8 Å². The molecule has 1 heterocycles. The minimum absolute atomic E-state index is 0.0503. The van der Waals surface area contributed by atoms with E-state index >= 15 is 0 Å². The minimum Gasteiger partial charge on any atom is -0.326 e. The molecule has 2 atom stereocenters. The van der Waals surface area contributed by atoms with E-state index in [1.807, 2.05) is 19.9 Å². The van der Waals surface area contributed by atoms with Crippen molar-refractivity contribution in [2.24, 2.45) is 17.8 Å². The van der Waals surface area contributed by atoms with Crippen molar-refractivity contribution in [2.75, 3.05) is 5.32 Å². The van der Waals surface area contributed by atoms with Gasteiger partial charge in [-0.15, -0.1) is 0 Å². The van der Waals surface area contributed by atoms with Crippen LogP contribution in [-0.4, -0.2) is 20.8 Å². The van der Waals surface area contributed by atoms with Gasteiger partial charge in [-0.3, -0.25) is 23.5 Å². The van der Waals surface area contributed by atoms with Gasteiger partial charge in [-0.1, -0.05) is 18.0 Å². The molecule has 1 amide bonds. The van der Waals surface area contributed by atoms with Crippen LogP contribution in [0.4, 0.5) is 5.69 Å². The van der Waals surface area contributed by atoms with E-state index in [4.69, 9.17) is 16.9 Å². The Morgan fingerprint density at radius 1 is 1.07 bits per heavy atom. The lowest BCUT2D eigenvalue weighted by Gasteiger charge is -2.28. The third kappa shape index (κ3) is 5.75. The van der Waals surface area contributed by atoms with Crippen molar-refractivity contribution in [3.8, 4) is 6.07 Å². The molecule has 0 spiro atoms. The average molecular weight is 561 g/mol. The maximum Gasteiger partial charge on any atom is 0.331 e. The number of halogens is 1. The zero-order chi connectivity index (χ0) is 28.6. The standard InChI is InChI=1S/C31H33ClN4O4/c1-18(2)36-27-11-10-24(15-25(27)30(39)35(31(36)40)17-19-6-7-19)34-29(38)22-5-3-4-20(12-22)13-28(37)21-8-9-23(16-33)26(32)14-21/h8-11,14-15,18-20,22H,3-7,12-13,17H2,1-2H3,(H,34,38). The third-order valence-corrected chi connectivity index (χ3v) is 8.44. The zero-order valence-corrected chi connectivity index (χ0v) is 23.5.